The molecule has 73 valence electrons. The Morgan fingerprint density at radius 1 is 1.77 bits per heavy atom. The van der Waals surface area contributed by atoms with Gasteiger partial charge in [0.05, 0.1) is 6.42 Å². The maximum absolute atomic E-state index is 11.1. The first-order valence-corrected chi connectivity index (χ1v) is 4.89. The molecule has 1 unspecified atom stereocenters. The molecule has 13 heavy (non-hydrogen) atoms. The monoisotopic (exact) mass is 202 g/mol. The van der Waals surface area contributed by atoms with Gasteiger partial charge in [0.15, 0.2) is 6.10 Å². The third kappa shape index (κ3) is 2.91. The zero-order chi connectivity index (χ0) is 10.1. The van der Waals surface area contributed by atoms with Gasteiger partial charge in [-0.3, -0.25) is 9.59 Å². The van der Waals surface area contributed by atoms with E-state index in [-0.39, 0.29) is 4.75 Å². The first-order chi connectivity index (χ1) is 5.91. The van der Waals surface area contributed by atoms with Crippen LogP contribution in [0.1, 0.15) is 13.8 Å². The molecule has 1 radical (unpaired) electrons. The van der Waals surface area contributed by atoms with Crippen molar-refractivity contribution < 1.29 is 14.3 Å². The van der Waals surface area contributed by atoms with Crippen LogP contribution in [0, 0.1) is 6.42 Å². The number of hydrogen-bond donors (Lipinski definition) is 1. The average molecular weight is 202 g/mol. The SMILES string of the molecule is CC1(C)[CH]C(=O)OC(C(N)=O)CS1. The van der Waals surface area contributed by atoms with Gasteiger partial charge in [-0.25, -0.2) is 0 Å². The van der Waals surface area contributed by atoms with Crippen LogP contribution >= 0.6 is 11.8 Å². The molecule has 1 rings (SSSR count). The lowest BCUT2D eigenvalue weighted by atomic mass is 10.1. The number of ether oxygens (including phenoxy) is 1. The molecule has 0 aromatic heterocycles. The highest BCUT2D eigenvalue weighted by Crippen LogP contribution is 2.31. The van der Waals surface area contributed by atoms with Crippen LogP contribution in [0.5, 0.6) is 0 Å². The van der Waals surface area contributed by atoms with Crippen molar-refractivity contribution in [2.45, 2.75) is 24.7 Å². The molecule has 0 aromatic carbocycles. The maximum atomic E-state index is 11.1. The Hall–Kier alpha value is -0.710. The lowest BCUT2D eigenvalue weighted by Crippen LogP contribution is -2.34. The number of cyclic esters (lactones) is 1. The Kier molecular flexibility index (Phi) is 2.85. The number of primary amides is 1. The summed E-state index contributed by atoms with van der Waals surface area (Å²) >= 11 is 1.48. The molecular formula is C8H12NO3S. The van der Waals surface area contributed by atoms with Crippen molar-refractivity contribution in [3.05, 3.63) is 6.42 Å². The summed E-state index contributed by atoms with van der Waals surface area (Å²) < 4.78 is 4.53. The molecule has 1 fully saturated rings. The Balaban J connectivity index is 2.69. The third-order valence-corrected chi connectivity index (χ3v) is 2.98. The highest BCUT2D eigenvalue weighted by Gasteiger charge is 2.33. The largest absolute Gasteiger partial charge is 0.451 e. The lowest BCUT2D eigenvalue weighted by Gasteiger charge is -2.17. The van der Waals surface area contributed by atoms with Gasteiger partial charge in [-0.2, -0.15) is 11.8 Å². The second-order valence-corrected chi connectivity index (χ2v) is 5.06. The summed E-state index contributed by atoms with van der Waals surface area (Å²) in [6, 6.07) is 0. The van der Waals surface area contributed by atoms with Gasteiger partial charge in [-0.05, 0) is 13.8 Å². The molecule has 1 heterocycles. The van der Waals surface area contributed by atoms with Crippen molar-refractivity contribution in [1.82, 2.24) is 0 Å². The molecule has 0 aliphatic carbocycles. The number of esters is 1. The van der Waals surface area contributed by atoms with Crippen LogP contribution in [-0.2, 0) is 14.3 Å². The molecule has 1 atom stereocenters. The lowest BCUT2D eigenvalue weighted by molar-refractivity contribution is -0.149. The summed E-state index contributed by atoms with van der Waals surface area (Å²) in [5.41, 5.74) is 5.04. The second-order valence-electron chi connectivity index (χ2n) is 3.39. The zero-order valence-corrected chi connectivity index (χ0v) is 8.39. The Bertz CT molecular complexity index is 240. The predicted molar refractivity (Wildman–Crippen MR) is 49.9 cm³/mol. The highest BCUT2D eigenvalue weighted by atomic mass is 32.2. The van der Waals surface area contributed by atoms with Gasteiger partial charge in [-0.1, -0.05) is 0 Å². The number of rotatable bonds is 1. The molecule has 1 saturated heterocycles. The summed E-state index contributed by atoms with van der Waals surface area (Å²) in [5, 5.41) is 0. The summed E-state index contributed by atoms with van der Waals surface area (Å²) in [5.74, 6) is -0.643. The average Bonchev–Trinajstić information content (AvgIpc) is 2.07. The molecule has 0 spiro atoms. The first-order valence-electron chi connectivity index (χ1n) is 3.90. The fourth-order valence-electron chi connectivity index (χ4n) is 0.964. The topological polar surface area (TPSA) is 69.4 Å². The van der Waals surface area contributed by atoms with E-state index in [4.69, 9.17) is 10.5 Å². The van der Waals surface area contributed by atoms with Crippen LogP contribution in [0.4, 0.5) is 0 Å². The number of carbonyl (C=O) groups excluding carboxylic acids is 2. The molecule has 1 aliphatic heterocycles. The minimum Gasteiger partial charge on any atom is -0.451 e. The van der Waals surface area contributed by atoms with Crippen LogP contribution in [0.2, 0.25) is 0 Å². The van der Waals surface area contributed by atoms with Gasteiger partial charge < -0.3 is 10.5 Å². The van der Waals surface area contributed by atoms with Gasteiger partial charge in [0.1, 0.15) is 0 Å². The van der Waals surface area contributed by atoms with Crippen LogP contribution in [-0.4, -0.2) is 28.5 Å². The molecule has 5 heteroatoms. The molecular weight excluding hydrogens is 190 g/mol. The van der Waals surface area contributed by atoms with Gasteiger partial charge >= 0.3 is 5.97 Å². The van der Waals surface area contributed by atoms with Crippen LogP contribution in [0.15, 0.2) is 0 Å². The smallest absolute Gasteiger partial charge is 0.312 e. The summed E-state index contributed by atoms with van der Waals surface area (Å²) in [4.78, 5) is 21.9. The standard InChI is InChI=1S/C8H12NO3S/c1-8(2)3-6(10)12-5(4-13-8)7(9)11/h3,5H,4H2,1-2H3,(H2,9,11). The van der Waals surface area contributed by atoms with E-state index in [1.807, 2.05) is 13.8 Å². The summed E-state index contributed by atoms with van der Waals surface area (Å²) in [6.07, 6.45) is 0.663. The second kappa shape index (κ2) is 3.57. The highest BCUT2D eigenvalue weighted by molar-refractivity contribution is 8.00. The van der Waals surface area contributed by atoms with E-state index in [1.54, 1.807) is 0 Å². The van der Waals surface area contributed by atoms with Gasteiger partial charge in [-0.15, -0.1) is 0 Å². The minimum atomic E-state index is -0.796. The van der Waals surface area contributed by atoms with Crippen molar-refractivity contribution >= 4 is 23.6 Å². The summed E-state index contributed by atoms with van der Waals surface area (Å²) in [7, 11) is 0. The van der Waals surface area contributed by atoms with Crippen LogP contribution in [0.25, 0.3) is 0 Å². The number of hydrogen-bond acceptors (Lipinski definition) is 4. The quantitative estimate of drug-likeness (QED) is 0.613. The van der Waals surface area contributed by atoms with Crippen molar-refractivity contribution in [1.29, 1.82) is 0 Å². The summed E-state index contributed by atoms with van der Waals surface area (Å²) in [6.45, 7) is 3.78. The van der Waals surface area contributed by atoms with Crippen molar-refractivity contribution in [2.75, 3.05) is 5.75 Å². The number of thioether (sulfide) groups is 1. The molecule has 0 bridgehead atoms. The van der Waals surface area contributed by atoms with Crippen molar-refractivity contribution in [2.24, 2.45) is 5.73 Å². The van der Waals surface area contributed by atoms with Gasteiger partial charge in [0.2, 0.25) is 0 Å². The third-order valence-electron chi connectivity index (χ3n) is 1.65. The van der Waals surface area contributed by atoms with E-state index >= 15 is 0 Å². The van der Waals surface area contributed by atoms with E-state index in [9.17, 15) is 9.59 Å². The molecule has 4 nitrogen and oxygen atoms in total. The van der Waals surface area contributed by atoms with Gasteiger partial charge in [0.25, 0.3) is 5.91 Å². The fourth-order valence-corrected chi connectivity index (χ4v) is 1.96. The van der Waals surface area contributed by atoms with Crippen LogP contribution in [0.3, 0.4) is 0 Å². The Morgan fingerprint density at radius 2 is 2.38 bits per heavy atom. The normalized spacial score (nSPS) is 27.5. The molecule has 0 aromatic rings. The van der Waals surface area contributed by atoms with Crippen LogP contribution < -0.4 is 5.73 Å². The Labute approximate surface area is 81.2 Å². The Morgan fingerprint density at radius 3 is 2.92 bits per heavy atom. The fraction of sp³-hybridized carbons (Fsp3) is 0.625. The first kappa shape index (κ1) is 10.4. The molecule has 2 N–H and O–H groups in total. The predicted octanol–water partition coefficient (Wildman–Crippen LogP) is 0.113. The molecule has 1 amide bonds. The maximum Gasteiger partial charge on any atom is 0.312 e. The van der Waals surface area contributed by atoms with Crippen molar-refractivity contribution in [3.8, 4) is 0 Å². The van der Waals surface area contributed by atoms with E-state index in [1.165, 1.54) is 18.2 Å². The number of amides is 1. The van der Waals surface area contributed by atoms with Gasteiger partial charge in [0, 0.05) is 10.5 Å². The van der Waals surface area contributed by atoms with E-state index in [0.717, 1.165) is 0 Å². The van der Waals surface area contributed by atoms with E-state index < -0.39 is 18.0 Å². The van der Waals surface area contributed by atoms with Crippen molar-refractivity contribution in [3.63, 3.8) is 0 Å². The minimum absolute atomic E-state index is 0.290. The number of carbonyl (C=O) groups is 2. The van der Waals surface area contributed by atoms with E-state index in [2.05, 4.69) is 0 Å². The number of nitrogens with two attached hydrogens (primary N) is 1. The van der Waals surface area contributed by atoms with E-state index in [0.29, 0.717) is 5.75 Å². The zero-order valence-electron chi connectivity index (χ0n) is 7.57. The molecule has 1 aliphatic rings. The molecule has 0 saturated carbocycles.